The number of hydrogen-bond acceptors (Lipinski definition) is 3. The maximum Gasteiger partial charge on any atom is 0.221 e. The van der Waals surface area contributed by atoms with Crippen molar-refractivity contribution in [3.63, 3.8) is 0 Å². The minimum absolute atomic E-state index is 0.0876. The van der Waals surface area contributed by atoms with Crippen LogP contribution in [0.25, 0.3) is 0 Å². The highest BCUT2D eigenvalue weighted by atomic mass is 19.1. The van der Waals surface area contributed by atoms with E-state index in [-0.39, 0.29) is 11.9 Å². The maximum atomic E-state index is 14.0. The summed E-state index contributed by atoms with van der Waals surface area (Å²) in [5, 5.41) is 3.22. The van der Waals surface area contributed by atoms with Gasteiger partial charge >= 0.3 is 0 Å². The monoisotopic (exact) mass is 231 g/mol. The lowest BCUT2D eigenvalue weighted by Crippen LogP contribution is -2.51. The molecule has 0 aromatic rings. The molecule has 1 unspecified atom stereocenters. The topological polar surface area (TPSA) is 35.6 Å². The number of nitrogens with one attached hydrogen (secondary N) is 1. The lowest BCUT2D eigenvalue weighted by Gasteiger charge is -2.34. The van der Waals surface area contributed by atoms with Crippen LogP contribution in [-0.4, -0.2) is 60.8 Å². The SMILES string of the molecule is CC(=O)N(C(C)C)C(F)CN1CCNCC1. The molecule has 0 saturated carbocycles. The van der Waals surface area contributed by atoms with Crippen molar-refractivity contribution in [1.29, 1.82) is 0 Å². The van der Waals surface area contributed by atoms with Crippen LogP contribution < -0.4 is 5.32 Å². The number of alkyl halides is 1. The molecule has 0 radical (unpaired) electrons. The van der Waals surface area contributed by atoms with Gasteiger partial charge in [0.15, 0.2) is 6.30 Å². The summed E-state index contributed by atoms with van der Waals surface area (Å²) < 4.78 is 14.0. The van der Waals surface area contributed by atoms with E-state index < -0.39 is 6.30 Å². The third kappa shape index (κ3) is 3.72. The van der Waals surface area contributed by atoms with Crippen molar-refractivity contribution in [2.45, 2.75) is 33.1 Å². The molecule has 1 aliphatic heterocycles. The fraction of sp³-hybridized carbons (Fsp3) is 0.909. The number of nitrogens with zero attached hydrogens (tertiary/aromatic N) is 2. The van der Waals surface area contributed by atoms with Gasteiger partial charge in [-0.05, 0) is 13.8 Å². The van der Waals surface area contributed by atoms with Crippen LogP contribution in [0.5, 0.6) is 0 Å². The average Bonchev–Trinajstić information content (AvgIpc) is 2.17. The number of piperazine rings is 1. The Morgan fingerprint density at radius 3 is 2.44 bits per heavy atom. The van der Waals surface area contributed by atoms with Crippen molar-refractivity contribution in [2.75, 3.05) is 32.7 Å². The van der Waals surface area contributed by atoms with Gasteiger partial charge in [-0.2, -0.15) is 0 Å². The Morgan fingerprint density at radius 1 is 1.44 bits per heavy atom. The molecule has 0 aromatic heterocycles. The fourth-order valence-corrected chi connectivity index (χ4v) is 2.08. The standard InChI is InChI=1S/C11H22FN3O/c1-9(2)15(10(3)16)11(12)8-14-6-4-13-5-7-14/h9,11,13H,4-8H2,1-3H3. The second kappa shape index (κ2) is 6.15. The van der Waals surface area contributed by atoms with E-state index in [4.69, 9.17) is 0 Å². The van der Waals surface area contributed by atoms with Crippen molar-refractivity contribution in [3.05, 3.63) is 0 Å². The van der Waals surface area contributed by atoms with Crippen molar-refractivity contribution in [3.8, 4) is 0 Å². The average molecular weight is 231 g/mol. The third-order valence-electron chi connectivity index (χ3n) is 2.84. The highest BCUT2D eigenvalue weighted by molar-refractivity contribution is 5.73. The molecule has 94 valence electrons. The van der Waals surface area contributed by atoms with Crippen LogP contribution in [0, 0.1) is 0 Å². The van der Waals surface area contributed by atoms with E-state index in [0.717, 1.165) is 26.2 Å². The first-order valence-corrected chi connectivity index (χ1v) is 5.88. The molecule has 0 spiro atoms. The van der Waals surface area contributed by atoms with E-state index in [1.54, 1.807) is 0 Å². The zero-order valence-electron chi connectivity index (χ0n) is 10.4. The van der Waals surface area contributed by atoms with Gasteiger partial charge in [-0.15, -0.1) is 0 Å². The van der Waals surface area contributed by atoms with Gasteiger partial charge in [0.1, 0.15) is 0 Å². The molecular formula is C11H22FN3O. The van der Waals surface area contributed by atoms with Crippen LogP contribution in [0.2, 0.25) is 0 Å². The first kappa shape index (κ1) is 13.4. The normalized spacial score (nSPS) is 19.8. The van der Waals surface area contributed by atoms with Gasteiger partial charge in [-0.3, -0.25) is 9.69 Å². The molecule has 1 aliphatic rings. The number of amides is 1. The van der Waals surface area contributed by atoms with Crippen molar-refractivity contribution in [1.82, 2.24) is 15.1 Å². The van der Waals surface area contributed by atoms with Crippen molar-refractivity contribution >= 4 is 5.91 Å². The van der Waals surface area contributed by atoms with Gasteiger partial charge in [0.25, 0.3) is 0 Å². The molecule has 0 aliphatic carbocycles. The van der Waals surface area contributed by atoms with E-state index in [1.807, 2.05) is 13.8 Å². The predicted molar refractivity (Wildman–Crippen MR) is 61.9 cm³/mol. The summed E-state index contributed by atoms with van der Waals surface area (Å²) in [6, 6.07) is -0.0876. The first-order chi connectivity index (χ1) is 7.52. The molecule has 1 fully saturated rings. The van der Waals surface area contributed by atoms with E-state index in [1.165, 1.54) is 11.8 Å². The fourth-order valence-electron chi connectivity index (χ4n) is 2.08. The maximum absolute atomic E-state index is 14.0. The molecule has 0 bridgehead atoms. The lowest BCUT2D eigenvalue weighted by molar-refractivity contribution is -0.138. The molecule has 1 atom stereocenters. The molecule has 1 rings (SSSR count). The Labute approximate surface area is 96.8 Å². The van der Waals surface area contributed by atoms with Gasteiger partial charge in [0, 0.05) is 45.7 Å². The van der Waals surface area contributed by atoms with Gasteiger partial charge in [0.05, 0.1) is 0 Å². The molecule has 0 aromatic carbocycles. The number of rotatable bonds is 4. The lowest BCUT2D eigenvalue weighted by atomic mass is 10.2. The zero-order chi connectivity index (χ0) is 12.1. The number of hydrogen-bond donors (Lipinski definition) is 1. The number of carbonyl (C=O) groups excluding carboxylic acids is 1. The van der Waals surface area contributed by atoms with E-state index in [0.29, 0.717) is 6.54 Å². The summed E-state index contributed by atoms with van der Waals surface area (Å²) in [4.78, 5) is 14.7. The van der Waals surface area contributed by atoms with Crippen LogP contribution in [-0.2, 0) is 4.79 Å². The number of carbonyl (C=O) groups is 1. The second-order valence-electron chi connectivity index (χ2n) is 4.51. The van der Waals surface area contributed by atoms with Crippen LogP contribution >= 0.6 is 0 Å². The van der Waals surface area contributed by atoms with Crippen molar-refractivity contribution in [2.24, 2.45) is 0 Å². The molecule has 4 nitrogen and oxygen atoms in total. The zero-order valence-corrected chi connectivity index (χ0v) is 10.4. The highest BCUT2D eigenvalue weighted by Gasteiger charge is 2.25. The largest absolute Gasteiger partial charge is 0.314 e. The predicted octanol–water partition coefficient (Wildman–Crippen LogP) is 0.444. The molecule has 1 saturated heterocycles. The summed E-state index contributed by atoms with van der Waals surface area (Å²) in [6.07, 6.45) is -1.20. The molecule has 1 N–H and O–H groups in total. The summed E-state index contributed by atoms with van der Waals surface area (Å²) in [6.45, 7) is 8.92. The number of halogens is 1. The molecule has 1 heterocycles. The van der Waals surface area contributed by atoms with Crippen LogP contribution in [0.4, 0.5) is 4.39 Å². The quantitative estimate of drug-likeness (QED) is 0.713. The minimum atomic E-state index is -1.20. The van der Waals surface area contributed by atoms with E-state index in [2.05, 4.69) is 10.2 Å². The summed E-state index contributed by atoms with van der Waals surface area (Å²) in [5.41, 5.74) is 0. The van der Waals surface area contributed by atoms with Gasteiger partial charge in [0.2, 0.25) is 5.91 Å². The minimum Gasteiger partial charge on any atom is -0.314 e. The van der Waals surface area contributed by atoms with E-state index >= 15 is 0 Å². The molecular weight excluding hydrogens is 209 g/mol. The first-order valence-electron chi connectivity index (χ1n) is 5.88. The van der Waals surface area contributed by atoms with E-state index in [9.17, 15) is 9.18 Å². The summed E-state index contributed by atoms with van der Waals surface area (Å²) >= 11 is 0. The Balaban J connectivity index is 2.47. The van der Waals surface area contributed by atoms with Crippen LogP contribution in [0.15, 0.2) is 0 Å². The van der Waals surface area contributed by atoms with Crippen molar-refractivity contribution < 1.29 is 9.18 Å². The van der Waals surface area contributed by atoms with Gasteiger partial charge in [-0.1, -0.05) is 0 Å². The smallest absolute Gasteiger partial charge is 0.221 e. The van der Waals surface area contributed by atoms with Gasteiger partial charge in [-0.25, -0.2) is 4.39 Å². The molecule has 5 heteroatoms. The highest BCUT2D eigenvalue weighted by Crippen LogP contribution is 2.10. The van der Waals surface area contributed by atoms with Crippen LogP contribution in [0.1, 0.15) is 20.8 Å². The van der Waals surface area contributed by atoms with Crippen LogP contribution in [0.3, 0.4) is 0 Å². The second-order valence-corrected chi connectivity index (χ2v) is 4.51. The Morgan fingerprint density at radius 2 is 2.00 bits per heavy atom. The molecule has 1 amide bonds. The van der Waals surface area contributed by atoms with Gasteiger partial charge < -0.3 is 10.2 Å². The Kier molecular flexibility index (Phi) is 5.15. The Hall–Kier alpha value is -0.680. The summed E-state index contributed by atoms with van der Waals surface area (Å²) in [7, 11) is 0. The Bertz CT molecular complexity index is 229. The summed E-state index contributed by atoms with van der Waals surface area (Å²) in [5.74, 6) is -0.197. The third-order valence-corrected chi connectivity index (χ3v) is 2.84. The molecule has 16 heavy (non-hydrogen) atoms.